The molecule has 30 heavy (non-hydrogen) atoms. The summed E-state index contributed by atoms with van der Waals surface area (Å²) < 4.78 is 39.4. The lowest BCUT2D eigenvalue weighted by molar-refractivity contribution is -0.137. The van der Waals surface area contributed by atoms with Gasteiger partial charge in [-0.1, -0.05) is 23.7 Å². The van der Waals surface area contributed by atoms with Crippen LogP contribution in [-0.4, -0.2) is 29.0 Å². The van der Waals surface area contributed by atoms with Gasteiger partial charge >= 0.3 is 6.18 Å². The largest absolute Gasteiger partial charge is 0.417 e. The minimum absolute atomic E-state index is 0.0173. The Morgan fingerprint density at radius 2 is 1.67 bits per heavy atom. The van der Waals surface area contributed by atoms with Gasteiger partial charge in [-0.05, 0) is 49.6 Å². The van der Waals surface area contributed by atoms with E-state index in [0.717, 1.165) is 44.5 Å². The first-order chi connectivity index (χ1) is 14.3. The van der Waals surface area contributed by atoms with E-state index in [1.165, 1.54) is 6.07 Å². The summed E-state index contributed by atoms with van der Waals surface area (Å²) in [5, 5.41) is 2.08. The van der Waals surface area contributed by atoms with Crippen LogP contribution in [0, 0.1) is 0 Å². The fourth-order valence-corrected chi connectivity index (χ4v) is 3.70. The van der Waals surface area contributed by atoms with Crippen LogP contribution >= 0.6 is 11.6 Å². The molecule has 1 saturated heterocycles. The lowest BCUT2D eigenvalue weighted by Gasteiger charge is -2.29. The van der Waals surface area contributed by atoms with Crippen molar-refractivity contribution in [3.05, 3.63) is 58.7 Å². The number of aromatic nitrogens is 2. The summed E-state index contributed by atoms with van der Waals surface area (Å²) >= 11 is 5.66. The van der Waals surface area contributed by atoms with Gasteiger partial charge in [0, 0.05) is 18.8 Å². The maximum Gasteiger partial charge on any atom is 0.417 e. The number of amides is 1. The maximum absolute atomic E-state index is 13.1. The van der Waals surface area contributed by atoms with Gasteiger partial charge in [0.25, 0.3) is 5.91 Å². The Kier molecular flexibility index (Phi) is 5.51. The molecule has 1 aromatic heterocycles. The van der Waals surface area contributed by atoms with Gasteiger partial charge in [-0.3, -0.25) is 4.79 Å². The molecule has 4 rings (SSSR count). The number of anilines is 2. The van der Waals surface area contributed by atoms with Crippen LogP contribution < -0.4 is 10.2 Å². The summed E-state index contributed by atoms with van der Waals surface area (Å²) in [6.45, 7) is 1.49. The molecule has 2 heterocycles. The summed E-state index contributed by atoms with van der Waals surface area (Å²) in [6.07, 6.45) is -1.58. The van der Waals surface area contributed by atoms with Crippen molar-refractivity contribution in [3.63, 3.8) is 0 Å². The van der Waals surface area contributed by atoms with E-state index in [0.29, 0.717) is 16.9 Å². The second-order valence-corrected chi connectivity index (χ2v) is 7.49. The highest BCUT2D eigenvalue weighted by Gasteiger charge is 2.33. The fourth-order valence-electron chi connectivity index (χ4n) is 3.48. The highest BCUT2D eigenvalue weighted by Crippen LogP contribution is 2.36. The Bertz CT molecular complexity index is 1100. The van der Waals surface area contributed by atoms with E-state index in [-0.39, 0.29) is 11.4 Å². The Hall–Kier alpha value is -2.87. The summed E-state index contributed by atoms with van der Waals surface area (Å²) in [6, 6.07) is 10.4. The summed E-state index contributed by atoms with van der Waals surface area (Å²) in [5.41, 5.74) is 0.245. The van der Waals surface area contributed by atoms with Crippen molar-refractivity contribution in [1.29, 1.82) is 0 Å². The number of nitrogens with one attached hydrogen (secondary N) is 1. The number of rotatable bonds is 3. The van der Waals surface area contributed by atoms with Gasteiger partial charge in [-0.15, -0.1) is 0 Å². The number of fused-ring (bicyclic) bond motifs is 1. The Morgan fingerprint density at radius 1 is 1.00 bits per heavy atom. The number of hydrogen-bond donors (Lipinski definition) is 1. The van der Waals surface area contributed by atoms with Gasteiger partial charge in [0.05, 0.1) is 21.6 Å². The van der Waals surface area contributed by atoms with Gasteiger partial charge in [0.15, 0.2) is 11.5 Å². The molecule has 3 aromatic rings. The zero-order chi connectivity index (χ0) is 21.3. The number of nitrogens with zero attached hydrogens (tertiary/aromatic N) is 3. The van der Waals surface area contributed by atoms with Crippen LogP contribution in [0.3, 0.4) is 0 Å². The van der Waals surface area contributed by atoms with E-state index < -0.39 is 22.7 Å². The molecule has 9 heteroatoms. The maximum atomic E-state index is 13.1. The third-order valence-corrected chi connectivity index (χ3v) is 5.28. The third kappa shape index (κ3) is 4.18. The molecule has 1 aliphatic heterocycles. The van der Waals surface area contributed by atoms with Gasteiger partial charge in [-0.2, -0.15) is 13.2 Å². The molecule has 0 unspecified atom stereocenters. The number of carbonyl (C=O) groups excluding carboxylic acids is 1. The summed E-state index contributed by atoms with van der Waals surface area (Å²) in [4.78, 5) is 24.1. The van der Waals surface area contributed by atoms with Crippen molar-refractivity contribution in [3.8, 4) is 0 Å². The molecule has 2 aromatic carbocycles. The van der Waals surface area contributed by atoms with Crippen molar-refractivity contribution in [2.45, 2.75) is 25.4 Å². The average molecular weight is 435 g/mol. The molecule has 1 aliphatic rings. The van der Waals surface area contributed by atoms with Crippen LogP contribution in [0.15, 0.2) is 42.5 Å². The minimum atomic E-state index is -4.63. The summed E-state index contributed by atoms with van der Waals surface area (Å²) in [5.74, 6) is -0.180. The quantitative estimate of drug-likeness (QED) is 0.587. The molecule has 0 atom stereocenters. The van der Waals surface area contributed by atoms with Crippen LogP contribution in [0.2, 0.25) is 5.02 Å². The first-order valence-corrected chi connectivity index (χ1v) is 9.90. The molecule has 156 valence electrons. The topological polar surface area (TPSA) is 58.1 Å². The molecule has 1 N–H and O–H groups in total. The second kappa shape index (κ2) is 8.10. The number of para-hydroxylation sites is 2. The Labute approximate surface area is 175 Å². The number of hydrogen-bond acceptors (Lipinski definition) is 4. The molecule has 1 amide bonds. The zero-order valence-corrected chi connectivity index (χ0v) is 16.6. The van der Waals surface area contributed by atoms with Crippen LogP contribution in [0.1, 0.15) is 35.3 Å². The Morgan fingerprint density at radius 3 is 2.33 bits per heavy atom. The number of halogens is 4. The van der Waals surface area contributed by atoms with E-state index in [1.54, 1.807) is 12.1 Å². The molecular weight excluding hydrogens is 417 g/mol. The third-order valence-electron chi connectivity index (χ3n) is 4.95. The highest BCUT2D eigenvalue weighted by molar-refractivity contribution is 6.31. The molecule has 0 bridgehead atoms. The molecular formula is C21H18ClF3N4O. The normalized spacial score (nSPS) is 14.7. The lowest BCUT2D eigenvalue weighted by Crippen LogP contribution is -2.33. The van der Waals surface area contributed by atoms with E-state index in [2.05, 4.69) is 15.3 Å². The number of piperidine rings is 1. The van der Waals surface area contributed by atoms with Crippen LogP contribution in [0.5, 0.6) is 0 Å². The van der Waals surface area contributed by atoms with E-state index in [9.17, 15) is 18.0 Å². The standard InChI is InChI=1S/C21H18ClF3N4O/c22-15-9-8-13(12-14(15)21(23,24)25)26-20(30)18-19(29-10-4-1-5-11-29)28-17-7-3-2-6-16(17)27-18/h2-3,6-9,12H,1,4-5,10-11H2,(H,26,30). The van der Waals surface area contributed by atoms with E-state index in [4.69, 9.17) is 11.6 Å². The van der Waals surface area contributed by atoms with E-state index in [1.807, 2.05) is 17.0 Å². The molecule has 0 aliphatic carbocycles. The summed E-state index contributed by atoms with van der Waals surface area (Å²) in [7, 11) is 0. The van der Waals surface area contributed by atoms with Crippen LogP contribution in [-0.2, 0) is 6.18 Å². The predicted octanol–water partition coefficient (Wildman–Crippen LogP) is 5.54. The van der Waals surface area contributed by atoms with Crippen molar-refractivity contribution in [2.24, 2.45) is 0 Å². The molecule has 0 saturated carbocycles. The lowest BCUT2D eigenvalue weighted by atomic mass is 10.1. The molecule has 0 radical (unpaired) electrons. The minimum Gasteiger partial charge on any atom is -0.355 e. The smallest absolute Gasteiger partial charge is 0.355 e. The van der Waals surface area contributed by atoms with Gasteiger partial charge in [-0.25, -0.2) is 9.97 Å². The monoisotopic (exact) mass is 434 g/mol. The average Bonchev–Trinajstić information content (AvgIpc) is 2.74. The van der Waals surface area contributed by atoms with Gasteiger partial charge in [0.2, 0.25) is 0 Å². The molecule has 0 spiro atoms. The molecule has 1 fully saturated rings. The number of alkyl halides is 3. The van der Waals surface area contributed by atoms with Crippen molar-refractivity contribution < 1.29 is 18.0 Å². The number of benzene rings is 2. The SMILES string of the molecule is O=C(Nc1ccc(Cl)c(C(F)(F)F)c1)c1nc2ccccc2nc1N1CCCCC1. The predicted molar refractivity (Wildman–Crippen MR) is 110 cm³/mol. The number of carbonyl (C=O) groups is 1. The van der Waals surface area contributed by atoms with Crippen molar-refractivity contribution in [1.82, 2.24) is 9.97 Å². The van der Waals surface area contributed by atoms with Crippen molar-refractivity contribution >= 4 is 40.0 Å². The Balaban J connectivity index is 1.72. The second-order valence-electron chi connectivity index (χ2n) is 7.08. The highest BCUT2D eigenvalue weighted by atomic mass is 35.5. The van der Waals surface area contributed by atoms with E-state index >= 15 is 0 Å². The van der Waals surface area contributed by atoms with Crippen molar-refractivity contribution in [2.75, 3.05) is 23.3 Å². The fraction of sp³-hybridized carbons (Fsp3) is 0.286. The molecule has 5 nitrogen and oxygen atoms in total. The van der Waals surface area contributed by atoms with Crippen LogP contribution in [0.25, 0.3) is 11.0 Å². The first-order valence-electron chi connectivity index (χ1n) is 9.53. The van der Waals surface area contributed by atoms with Crippen LogP contribution in [0.4, 0.5) is 24.7 Å². The van der Waals surface area contributed by atoms with Gasteiger partial charge < -0.3 is 10.2 Å². The zero-order valence-electron chi connectivity index (χ0n) is 15.8. The van der Waals surface area contributed by atoms with Gasteiger partial charge in [0.1, 0.15) is 0 Å². The first kappa shape index (κ1) is 20.4.